The third kappa shape index (κ3) is 5.55. The molecule has 0 aliphatic carbocycles. The second-order valence-electron chi connectivity index (χ2n) is 5.51. The van der Waals surface area contributed by atoms with Crippen molar-refractivity contribution >= 4 is 12.4 Å². The Labute approximate surface area is 114 Å². The second-order valence-corrected chi connectivity index (χ2v) is 5.51. The van der Waals surface area contributed by atoms with Gasteiger partial charge in [-0.25, -0.2) is 4.79 Å². The highest BCUT2D eigenvalue weighted by molar-refractivity contribution is 5.69. The molecule has 0 spiro atoms. The summed E-state index contributed by atoms with van der Waals surface area (Å²) in [7, 11) is 0. The maximum atomic E-state index is 11.7. The molecule has 0 aliphatic rings. The molecular weight excluding hydrogens is 242 g/mol. The highest BCUT2D eigenvalue weighted by Gasteiger charge is 2.20. The van der Waals surface area contributed by atoms with Crippen LogP contribution in [0.25, 0.3) is 0 Å². The Morgan fingerprint density at radius 2 is 1.89 bits per heavy atom. The molecule has 1 unspecified atom stereocenters. The molecule has 1 aromatic carbocycles. The third-order valence-electron chi connectivity index (χ3n) is 2.50. The van der Waals surface area contributed by atoms with E-state index in [-0.39, 0.29) is 12.5 Å². The molecule has 4 heteroatoms. The number of rotatable bonds is 4. The maximum absolute atomic E-state index is 11.7. The van der Waals surface area contributed by atoms with Crippen molar-refractivity contribution < 1.29 is 14.3 Å². The summed E-state index contributed by atoms with van der Waals surface area (Å²) >= 11 is 0. The third-order valence-corrected chi connectivity index (χ3v) is 2.50. The van der Waals surface area contributed by atoms with Gasteiger partial charge in [-0.1, -0.05) is 29.8 Å². The van der Waals surface area contributed by atoms with E-state index in [1.54, 1.807) is 20.8 Å². The van der Waals surface area contributed by atoms with Gasteiger partial charge in [0.15, 0.2) is 0 Å². The molecule has 0 heterocycles. The first-order valence-electron chi connectivity index (χ1n) is 6.31. The summed E-state index contributed by atoms with van der Waals surface area (Å²) in [6, 6.07) is 7.35. The van der Waals surface area contributed by atoms with E-state index in [2.05, 4.69) is 5.32 Å². The minimum atomic E-state index is -0.552. The van der Waals surface area contributed by atoms with Gasteiger partial charge in [-0.2, -0.15) is 0 Å². The zero-order valence-electron chi connectivity index (χ0n) is 11.9. The van der Waals surface area contributed by atoms with E-state index in [0.29, 0.717) is 0 Å². The van der Waals surface area contributed by atoms with Gasteiger partial charge in [0.05, 0.1) is 6.04 Å². The zero-order chi connectivity index (χ0) is 14.5. The maximum Gasteiger partial charge on any atom is 0.408 e. The SMILES string of the molecule is Cc1ccc(C(CC=O)NC(=O)OC(C)(C)C)cc1. The Bertz CT molecular complexity index is 432. The van der Waals surface area contributed by atoms with Gasteiger partial charge >= 0.3 is 6.09 Å². The molecule has 1 aromatic rings. The predicted molar refractivity (Wildman–Crippen MR) is 74.0 cm³/mol. The van der Waals surface area contributed by atoms with Gasteiger partial charge in [-0.15, -0.1) is 0 Å². The van der Waals surface area contributed by atoms with Crippen molar-refractivity contribution in [3.05, 3.63) is 35.4 Å². The van der Waals surface area contributed by atoms with Crippen LogP contribution in [-0.2, 0) is 9.53 Å². The number of aldehydes is 1. The van der Waals surface area contributed by atoms with Crippen LogP contribution in [0.1, 0.15) is 44.4 Å². The quantitative estimate of drug-likeness (QED) is 0.849. The van der Waals surface area contributed by atoms with Crippen LogP contribution in [0.5, 0.6) is 0 Å². The Morgan fingerprint density at radius 3 is 2.37 bits per heavy atom. The largest absolute Gasteiger partial charge is 0.444 e. The number of hydrogen-bond acceptors (Lipinski definition) is 3. The van der Waals surface area contributed by atoms with Crippen LogP contribution in [0, 0.1) is 6.92 Å². The van der Waals surface area contributed by atoms with Crippen LogP contribution in [0.3, 0.4) is 0 Å². The highest BCUT2D eigenvalue weighted by Crippen LogP contribution is 2.17. The molecule has 0 aromatic heterocycles. The smallest absolute Gasteiger partial charge is 0.408 e. The first-order valence-corrected chi connectivity index (χ1v) is 6.31. The summed E-state index contributed by atoms with van der Waals surface area (Å²) in [6.07, 6.45) is 0.504. The molecule has 1 amide bonds. The minimum Gasteiger partial charge on any atom is -0.444 e. The van der Waals surface area contributed by atoms with E-state index in [1.165, 1.54) is 0 Å². The first kappa shape index (κ1) is 15.2. The molecule has 1 rings (SSSR count). The highest BCUT2D eigenvalue weighted by atomic mass is 16.6. The fourth-order valence-corrected chi connectivity index (χ4v) is 1.62. The minimum absolute atomic E-state index is 0.225. The Hall–Kier alpha value is -1.84. The number of alkyl carbamates (subject to hydrolysis) is 1. The lowest BCUT2D eigenvalue weighted by Gasteiger charge is -2.23. The van der Waals surface area contributed by atoms with Gasteiger partial charge in [0.25, 0.3) is 0 Å². The summed E-state index contributed by atoms with van der Waals surface area (Å²) in [5, 5.41) is 2.72. The van der Waals surface area contributed by atoms with Gasteiger partial charge in [-0.3, -0.25) is 0 Å². The van der Waals surface area contributed by atoms with Crippen molar-refractivity contribution in [2.45, 2.75) is 45.8 Å². The molecule has 104 valence electrons. The second kappa shape index (κ2) is 6.36. The van der Waals surface area contributed by atoms with E-state index in [4.69, 9.17) is 4.74 Å². The van der Waals surface area contributed by atoms with E-state index in [9.17, 15) is 9.59 Å². The Balaban J connectivity index is 2.75. The van der Waals surface area contributed by atoms with E-state index < -0.39 is 11.7 Å². The average Bonchev–Trinajstić information content (AvgIpc) is 2.27. The average molecular weight is 263 g/mol. The van der Waals surface area contributed by atoms with Gasteiger partial charge in [0, 0.05) is 6.42 Å². The van der Waals surface area contributed by atoms with Crippen molar-refractivity contribution in [3.8, 4) is 0 Å². The number of carbonyl (C=O) groups is 2. The van der Waals surface area contributed by atoms with Gasteiger partial charge in [0.2, 0.25) is 0 Å². The van der Waals surface area contributed by atoms with Crippen molar-refractivity contribution in [1.82, 2.24) is 5.32 Å². The lowest BCUT2D eigenvalue weighted by molar-refractivity contribution is -0.108. The molecule has 0 aliphatic heterocycles. The molecule has 0 radical (unpaired) electrons. The fourth-order valence-electron chi connectivity index (χ4n) is 1.62. The number of hydrogen-bond donors (Lipinski definition) is 1. The van der Waals surface area contributed by atoms with Crippen LogP contribution < -0.4 is 5.32 Å². The van der Waals surface area contributed by atoms with Crippen molar-refractivity contribution in [1.29, 1.82) is 0 Å². The van der Waals surface area contributed by atoms with E-state index >= 15 is 0 Å². The van der Waals surface area contributed by atoms with Crippen molar-refractivity contribution in [3.63, 3.8) is 0 Å². The van der Waals surface area contributed by atoms with Crippen LogP contribution in [0.15, 0.2) is 24.3 Å². The molecular formula is C15H21NO3. The summed E-state index contributed by atoms with van der Waals surface area (Å²) in [5.41, 5.74) is 1.47. The van der Waals surface area contributed by atoms with Crippen LogP contribution in [0.4, 0.5) is 4.79 Å². The molecule has 4 nitrogen and oxygen atoms in total. The molecule has 0 saturated heterocycles. The molecule has 1 N–H and O–H groups in total. The number of aryl methyl sites for hydroxylation is 1. The van der Waals surface area contributed by atoms with E-state index in [0.717, 1.165) is 17.4 Å². The van der Waals surface area contributed by atoms with Gasteiger partial charge in [-0.05, 0) is 33.3 Å². The monoisotopic (exact) mass is 263 g/mol. The lowest BCUT2D eigenvalue weighted by Crippen LogP contribution is -2.35. The summed E-state index contributed by atoms with van der Waals surface area (Å²) in [4.78, 5) is 22.5. The van der Waals surface area contributed by atoms with Gasteiger partial charge < -0.3 is 14.8 Å². The summed E-state index contributed by atoms with van der Waals surface area (Å²) in [6.45, 7) is 7.38. The Kier molecular flexibility index (Phi) is 5.10. The molecule has 0 saturated carbocycles. The lowest BCUT2D eigenvalue weighted by atomic mass is 10.0. The van der Waals surface area contributed by atoms with Crippen LogP contribution in [0.2, 0.25) is 0 Å². The van der Waals surface area contributed by atoms with Crippen molar-refractivity contribution in [2.24, 2.45) is 0 Å². The van der Waals surface area contributed by atoms with Crippen LogP contribution >= 0.6 is 0 Å². The standard InChI is InChI=1S/C15H21NO3/c1-11-5-7-12(8-6-11)13(9-10-17)16-14(18)19-15(2,3)4/h5-8,10,13H,9H2,1-4H3,(H,16,18). The normalized spacial score (nSPS) is 12.6. The summed E-state index contributed by atoms with van der Waals surface area (Å²) in [5.74, 6) is 0. The van der Waals surface area contributed by atoms with Crippen LogP contribution in [-0.4, -0.2) is 18.0 Å². The topological polar surface area (TPSA) is 55.4 Å². The predicted octanol–water partition coefficient (Wildman–Crippen LogP) is 3.15. The fraction of sp³-hybridized carbons (Fsp3) is 0.467. The number of ether oxygens (including phenoxy) is 1. The zero-order valence-corrected chi connectivity index (χ0v) is 11.9. The van der Waals surface area contributed by atoms with Gasteiger partial charge in [0.1, 0.15) is 11.9 Å². The number of amides is 1. The number of nitrogens with one attached hydrogen (secondary N) is 1. The number of benzene rings is 1. The number of carbonyl (C=O) groups excluding carboxylic acids is 2. The first-order chi connectivity index (χ1) is 8.81. The molecule has 0 fully saturated rings. The molecule has 19 heavy (non-hydrogen) atoms. The molecule has 1 atom stereocenters. The summed E-state index contributed by atoms with van der Waals surface area (Å²) < 4.78 is 5.19. The van der Waals surface area contributed by atoms with E-state index in [1.807, 2.05) is 31.2 Å². The Morgan fingerprint density at radius 1 is 1.32 bits per heavy atom. The molecule has 0 bridgehead atoms. The van der Waals surface area contributed by atoms with Crippen molar-refractivity contribution in [2.75, 3.05) is 0 Å².